The Kier molecular flexibility index (Phi) is 12.4. The maximum Gasteiger partial charge on any atom is 0.338 e. The summed E-state index contributed by atoms with van der Waals surface area (Å²) in [4.78, 5) is 28.7. The van der Waals surface area contributed by atoms with Crippen LogP contribution in [-0.4, -0.2) is 53.7 Å². The first-order chi connectivity index (χ1) is 22.5. The van der Waals surface area contributed by atoms with Crippen LogP contribution in [0.4, 0.5) is 8.78 Å². The predicted molar refractivity (Wildman–Crippen MR) is 178 cm³/mol. The van der Waals surface area contributed by atoms with Gasteiger partial charge in [0.25, 0.3) is 5.91 Å². The molecule has 3 N–H and O–H groups in total. The van der Waals surface area contributed by atoms with Crippen molar-refractivity contribution in [1.29, 1.82) is 0 Å². The average molecular weight is 647 g/mol. The summed E-state index contributed by atoms with van der Waals surface area (Å²) in [6.45, 7) is 11.4. The fraction of sp³-hybridized carbons (Fsp3) is 0.378. The quantitative estimate of drug-likeness (QED) is 0.139. The minimum atomic E-state index is -0.865. The average Bonchev–Trinajstić information content (AvgIpc) is 3.36. The van der Waals surface area contributed by atoms with Gasteiger partial charge in [0.05, 0.1) is 11.3 Å². The molecule has 3 aromatic carbocycles. The van der Waals surface area contributed by atoms with Crippen LogP contribution < -0.4 is 11.1 Å². The SMILES string of the molecule is CCCN(CCC)C(=O)c1cc(C)cc(C(=O)OC(CNCc2cccc(-c3c(C)noc3C)c2)C(N)Cc2cc(F)cc(F)c2)c1. The molecule has 8 nitrogen and oxygen atoms in total. The molecule has 0 fully saturated rings. The second-order valence-electron chi connectivity index (χ2n) is 12.0. The van der Waals surface area contributed by atoms with E-state index in [1.807, 2.05) is 58.9 Å². The van der Waals surface area contributed by atoms with Gasteiger partial charge in [-0.25, -0.2) is 13.6 Å². The number of benzene rings is 3. The van der Waals surface area contributed by atoms with Crippen LogP contribution in [0.2, 0.25) is 0 Å². The number of aromatic nitrogens is 1. The molecule has 1 aromatic heterocycles. The van der Waals surface area contributed by atoms with E-state index in [0.29, 0.717) is 30.8 Å². The number of nitrogens with two attached hydrogens (primary N) is 1. The van der Waals surface area contributed by atoms with E-state index in [4.69, 9.17) is 15.0 Å². The van der Waals surface area contributed by atoms with Crippen molar-refractivity contribution in [2.45, 2.75) is 72.6 Å². The van der Waals surface area contributed by atoms with E-state index in [-0.39, 0.29) is 24.4 Å². The van der Waals surface area contributed by atoms with Crippen molar-refractivity contribution >= 4 is 11.9 Å². The lowest BCUT2D eigenvalue weighted by Crippen LogP contribution is -2.46. The molecule has 47 heavy (non-hydrogen) atoms. The molecule has 4 aromatic rings. The molecule has 1 amide bonds. The van der Waals surface area contributed by atoms with Crippen molar-refractivity contribution in [3.8, 4) is 11.1 Å². The third kappa shape index (κ3) is 9.56. The molecule has 2 unspecified atom stereocenters. The third-order valence-corrected chi connectivity index (χ3v) is 7.89. The van der Waals surface area contributed by atoms with E-state index < -0.39 is 29.7 Å². The van der Waals surface area contributed by atoms with Gasteiger partial charge in [-0.05, 0) is 98.7 Å². The van der Waals surface area contributed by atoms with Gasteiger partial charge in [-0.15, -0.1) is 0 Å². The highest BCUT2D eigenvalue weighted by atomic mass is 19.1. The first-order valence-corrected chi connectivity index (χ1v) is 16.0. The van der Waals surface area contributed by atoms with Crippen molar-refractivity contribution in [1.82, 2.24) is 15.4 Å². The molecule has 2 atom stereocenters. The Morgan fingerprint density at radius 1 is 0.936 bits per heavy atom. The van der Waals surface area contributed by atoms with Crippen molar-refractivity contribution in [3.63, 3.8) is 0 Å². The zero-order chi connectivity index (χ0) is 34.1. The van der Waals surface area contributed by atoms with Crippen LogP contribution in [0.3, 0.4) is 0 Å². The van der Waals surface area contributed by atoms with Crippen LogP contribution in [0.1, 0.15) is 75.5 Å². The van der Waals surface area contributed by atoms with Gasteiger partial charge in [-0.1, -0.05) is 37.2 Å². The number of hydrogen-bond acceptors (Lipinski definition) is 7. The summed E-state index contributed by atoms with van der Waals surface area (Å²) in [6, 6.07) is 15.3. The van der Waals surface area contributed by atoms with Crippen LogP contribution in [0.15, 0.2) is 65.2 Å². The van der Waals surface area contributed by atoms with Crippen LogP contribution in [-0.2, 0) is 17.7 Å². The van der Waals surface area contributed by atoms with E-state index in [9.17, 15) is 18.4 Å². The molecular formula is C37H44F2N4O4. The van der Waals surface area contributed by atoms with Gasteiger partial charge >= 0.3 is 5.97 Å². The van der Waals surface area contributed by atoms with Crippen molar-refractivity contribution in [2.75, 3.05) is 19.6 Å². The molecule has 0 aliphatic carbocycles. The first-order valence-electron chi connectivity index (χ1n) is 16.0. The summed E-state index contributed by atoms with van der Waals surface area (Å²) in [5.74, 6) is -1.49. The molecule has 0 saturated heterocycles. The highest BCUT2D eigenvalue weighted by Crippen LogP contribution is 2.27. The summed E-state index contributed by atoms with van der Waals surface area (Å²) < 4.78 is 39.2. The van der Waals surface area contributed by atoms with Crippen LogP contribution in [0.5, 0.6) is 0 Å². The van der Waals surface area contributed by atoms with Gasteiger partial charge in [-0.3, -0.25) is 4.79 Å². The van der Waals surface area contributed by atoms with E-state index in [0.717, 1.165) is 52.6 Å². The van der Waals surface area contributed by atoms with Gasteiger partial charge in [0.1, 0.15) is 23.5 Å². The van der Waals surface area contributed by atoms with E-state index in [1.54, 1.807) is 23.1 Å². The number of amides is 1. The lowest BCUT2D eigenvalue weighted by molar-refractivity contribution is 0.0238. The highest BCUT2D eigenvalue weighted by molar-refractivity contribution is 5.98. The van der Waals surface area contributed by atoms with Crippen LogP contribution in [0.25, 0.3) is 11.1 Å². The molecule has 1 heterocycles. The number of carbonyl (C=O) groups excluding carboxylic acids is 2. The zero-order valence-electron chi connectivity index (χ0n) is 27.7. The monoisotopic (exact) mass is 646 g/mol. The van der Waals surface area contributed by atoms with Crippen molar-refractivity contribution < 1.29 is 27.6 Å². The lowest BCUT2D eigenvalue weighted by Gasteiger charge is -2.25. The maximum atomic E-state index is 14.0. The Balaban J connectivity index is 1.54. The van der Waals surface area contributed by atoms with Gasteiger partial charge in [-0.2, -0.15) is 0 Å². The molecule has 250 valence electrons. The minimum absolute atomic E-state index is 0.0659. The number of halogens is 2. The standard InChI is InChI=1S/C37H44F2N4O4/c1-6-11-43(12-7-2)36(44)29-13-23(3)14-30(19-29)37(45)46-34(33(40)18-27-16-31(38)20-32(39)17-27)22-41-21-26-9-8-10-28(15-26)35-24(4)42-47-25(35)5/h8-10,13-17,19-20,33-34,41H,6-7,11-12,18,21-22,40H2,1-5H3. The van der Waals surface area contributed by atoms with Crippen LogP contribution >= 0.6 is 0 Å². The minimum Gasteiger partial charge on any atom is -0.456 e. The number of ether oxygens (including phenoxy) is 1. The third-order valence-electron chi connectivity index (χ3n) is 7.89. The lowest BCUT2D eigenvalue weighted by atomic mass is 10.0. The molecule has 0 spiro atoms. The number of hydrogen-bond donors (Lipinski definition) is 2. The normalized spacial score (nSPS) is 12.5. The number of aryl methyl sites for hydroxylation is 3. The van der Waals surface area contributed by atoms with Gasteiger partial charge in [0.15, 0.2) is 0 Å². The molecule has 0 bridgehead atoms. The highest BCUT2D eigenvalue weighted by Gasteiger charge is 2.25. The van der Waals surface area contributed by atoms with Gasteiger partial charge in [0.2, 0.25) is 0 Å². The number of nitrogens with one attached hydrogen (secondary N) is 1. The second-order valence-corrected chi connectivity index (χ2v) is 12.0. The second kappa shape index (κ2) is 16.4. The Labute approximate surface area is 275 Å². The molecule has 0 saturated carbocycles. The zero-order valence-corrected chi connectivity index (χ0v) is 27.7. The first kappa shape index (κ1) is 35.4. The Bertz CT molecular complexity index is 1640. The Morgan fingerprint density at radius 2 is 1.62 bits per heavy atom. The van der Waals surface area contributed by atoms with Gasteiger partial charge in [0, 0.05) is 49.4 Å². The smallest absolute Gasteiger partial charge is 0.338 e. The van der Waals surface area contributed by atoms with Gasteiger partial charge < -0.3 is 25.2 Å². The Morgan fingerprint density at radius 3 is 2.26 bits per heavy atom. The summed E-state index contributed by atoms with van der Waals surface area (Å²) in [7, 11) is 0. The summed E-state index contributed by atoms with van der Waals surface area (Å²) >= 11 is 0. The van der Waals surface area contributed by atoms with E-state index >= 15 is 0 Å². The Hall–Kier alpha value is -4.41. The largest absolute Gasteiger partial charge is 0.456 e. The molecule has 4 rings (SSSR count). The fourth-order valence-electron chi connectivity index (χ4n) is 5.77. The predicted octanol–water partition coefficient (Wildman–Crippen LogP) is 6.69. The maximum absolute atomic E-state index is 14.0. The molecule has 0 radical (unpaired) electrons. The fourth-order valence-corrected chi connectivity index (χ4v) is 5.77. The van der Waals surface area contributed by atoms with Crippen molar-refractivity contribution in [2.24, 2.45) is 5.73 Å². The topological polar surface area (TPSA) is 111 Å². The molecule has 0 aliphatic heterocycles. The number of carbonyl (C=O) groups is 2. The summed E-state index contributed by atoms with van der Waals surface area (Å²) in [5, 5.41) is 7.38. The van der Waals surface area contributed by atoms with Crippen molar-refractivity contribution in [3.05, 3.63) is 112 Å². The number of esters is 1. The van der Waals surface area contributed by atoms with E-state index in [1.165, 1.54) is 12.1 Å². The molecular weight excluding hydrogens is 602 g/mol. The number of nitrogens with zero attached hydrogens (tertiary/aromatic N) is 2. The summed E-state index contributed by atoms with van der Waals surface area (Å²) in [5.41, 5.74) is 11.9. The molecule has 0 aliphatic rings. The molecule has 10 heteroatoms. The van der Waals surface area contributed by atoms with Crippen LogP contribution in [0, 0.1) is 32.4 Å². The summed E-state index contributed by atoms with van der Waals surface area (Å²) in [6.07, 6.45) is 0.837. The van der Waals surface area contributed by atoms with E-state index in [2.05, 4.69) is 10.5 Å². The number of rotatable bonds is 15.